The largest absolute Gasteiger partial charge is 0.497 e. The van der Waals surface area contributed by atoms with E-state index >= 15 is 0 Å². The smallest absolute Gasteiger partial charge is 0.243 e. The molecule has 2 aromatic carbocycles. The lowest BCUT2D eigenvalue weighted by Gasteiger charge is -2.40. The number of carbonyl (C=O) groups is 3. The molecule has 0 bridgehead atoms. The van der Waals surface area contributed by atoms with Crippen LogP contribution in [0.15, 0.2) is 66.7 Å². The summed E-state index contributed by atoms with van der Waals surface area (Å²) < 4.78 is 10.9. The van der Waals surface area contributed by atoms with Crippen molar-refractivity contribution in [3.63, 3.8) is 0 Å². The lowest BCUT2D eigenvalue weighted by atomic mass is 9.75. The normalized spacial score (nSPS) is 25.6. The van der Waals surface area contributed by atoms with Crippen LogP contribution in [0.5, 0.6) is 5.75 Å². The van der Waals surface area contributed by atoms with Crippen molar-refractivity contribution in [3.05, 3.63) is 77.9 Å². The molecular weight excluding hydrogens is 518 g/mol. The van der Waals surface area contributed by atoms with Crippen LogP contribution in [0.2, 0.25) is 0 Å². The Labute approximate surface area is 242 Å². The number of likely N-dealkylation sites (tertiary alicyclic amines) is 1. The van der Waals surface area contributed by atoms with Crippen LogP contribution in [-0.4, -0.2) is 68.1 Å². The van der Waals surface area contributed by atoms with E-state index in [1.165, 1.54) is 0 Å². The highest BCUT2D eigenvalue weighted by molar-refractivity contribution is 5.90. The first-order valence-electron chi connectivity index (χ1n) is 14.7. The van der Waals surface area contributed by atoms with Crippen molar-refractivity contribution >= 4 is 17.7 Å². The van der Waals surface area contributed by atoms with Gasteiger partial charge in [-0.15, -0.1) is 0 Å². The van der Waals surface area contributed by atoms with E-state index in [2.05, 4.69) is 22.8 Å². The first-order chi connectivity index (χ1) is 20.0. The molecule has 2 aromatic rings. The maximum absolute atomic E-state index is 13.8. The van der Waals surface area contributed by atoms with Crippen LogP contribution in [0, 0.1) is 11.3 Å². The number of nitrogens with one attached hydrogen (secondary N) is 2. The molecule has 2 saturated heterocycles. The van der Waals surface area contributed by atoms with Gasteiger partial charge >= 0.3 is 0 Å². The van der Waals surface area contributed by atoms with E-state index in [4.69, 9.17) is 9.47 Å². The van der Waals surface area contributed by atoms with Crippen LogP contribution in [0.3, 0.4) is 0 Å². The molecule has 3 aliphatic heterocycles. The molecule has 5 rings (SSSR count). The molecule has 0 saturated carbocycles. The maximum Gasteiger partial charge on any atom is 0.243 e. The number of nitrogens with zero attached hydrogens (tertiary/aromatic N) is 1. The van der Waals surface area contributed by atoms with Crippen molar-refractivity contribution in [1.82, 2.24) is 15.5 Å². The summed E-state index contributed by atoms with van der Waals surface area (Å²) in [5, 5.41) is 6.41. The number of rotatable bonds is 5. The monoisotopic (exact) mass is 559 g/mol. The van der Waals surface area contributed by atoms with Gasteiger partial charge in [0, 0.05) is 44.7 Å². The fraction of sp³-hybridized carbons (Fsp3) is 0.485. The second kappa shape index (κ2) is 13.3. The number of carbonyl (C=O) groups excluding carboxylic acids is 3. The Morgan fingerprint density at radius 1 is 1.02 bits per heavy atom. The van der Waals surface area contributed by atoms with E-state index < -0.39 is 11.5 Å². The summed E-state index contributed by atoms with van der Waals surface area (Å²) in [6.45, 7) is 2.22. The number of ether oxygens (including phenoxy) is 2. The van der Waals surface area contributed by atoms with Gasteiger partial charge in [0.05, 0.1) is 18.9 Å². The van der Waals surface area contributed by atoms with Crippen molar-refractivity contribution in [2.24, 2.45) is 11.3 Å². The number of hydrogen-bond acceptors (Lipinski definition) is 5. The number of allylic oxidation sites excluding steroid dienone is 2. The van der Waals surface area contributed by atoms with E-state index in [0.29, 0.717) is 64.8 Å². The number of piperidine rings is 1. The number of hydrogen-bond donors (Lipinski definition) is 2. The molecule has 2 N–H and O–H groups in total. The van der Waals surface area contributed by atoms with Crippen LogP contribution in [0.4, 0.5) is 0 Å². The minimum atomic E-state index is -0.679. The zero-order valence-corrected chi connectivity index (χ0v) is 23.8. The Hall–Kier alpha value is -3.65. The summed E-state index contributed by atoms with van der Waals surface area (Å²) in [5.74, 6) is 0.655. The van der Waals surface area contributed by atoms with Crippen LogP contribution < -0.4 is 15.4 Å². The molecule has 3 aliphatic rings. The van der Waals surface area contributed by atoms with Gasteiger partial charge in [-0.2, -0.15) is 0 Å². The molecular formula is C33H41N3O5. The van der Waals surface area contributed by atoms with Crippen molar-refractivity contribution < 1.29 is 23.9 Å². The molecule has 1 spiro atoms. The molecule has 8 heteroatoms. The van der Waals surface area contributed by atoms with Crippen molar-refractivity contribution in [2.75, 3.05) is 33.4 Å². The Bertz CT molecular complexity index is 1240. The van der Waals surface area contributed by atoms with Crippen LogP contribution in [0.1, 0.15) is 43.2 Å². The molecule has 0 radical (unpaired) electrons. The first-order valence-corrected chi connectivity index (χ1v) is 14.7. The summed E-state index contributed by atoms with van der Waals surface area (Å²) >= 11 is 0. The minimum Gasteiger partial charge on any atom is -0.497 e. The van der Waals surface area contributed by atoms with E-state index in [0.717, 1.165) is 23.3 Å². The quantitative estimate of drug-likeness (QED) is 0.547. The highest BCUT2D eigenvalue weighted by atomic mass is 16.5. The third kappa shape index (κ3) is 7.17. The second-order valence-corrected chi connectivity index (χ2v) is 11.6. The molecule has 3 amide bonds. The van der Waals surface area contributed by atoms with Gasteiger partial charge < -0.3 is 25.0 Å². The van der Waals surface area contributed by atoms with Gasteiger partial charge in [0.1, 0.15) is 11.8 Å². The van der Waals surface area contributed by atoms with E-state index in [-0.39, 0.29) is 29.7 Å². The second-order valence-electron chi connectivity index (χ2n) is 11.6. The molecule has 218 valence electrons. The molecule has 0 aromatic heterocycles. The highest BCUT2D eigenvalue weighted by Crippen LogP contribution is 2.36. The third-order valence-electron chi connectivity index (χ3n) is 8.85. The maximum atomic E-state index is 13.8. The van der Waals surface area contributed by atoms with Crippen molar-refractivity contribution in [1.29, 1.82) is 0 Å². The number of benzene rings is 2. The molecule has 2 fully saturated rings. The Kier molecular flexibility index (Phi) is 9.39. The van der Waals surface area contributed by atoms with Gasteiger partial charge in [-0.3, -0.25) is 14.4 Å². The first kappa shape index (κ1) is 28.9. The number of amides is 3. The van der Waals surface area contributed by atoms with Crippen LogP contribution in [0.25, 0.3) is 0 Å². The highest BCUT2D eigenvalue weighted by Gasteiger charge is 2.41. The summed E-state index contributed by atoms with van der Waals surface area (Å²) in [6.07, 6.45) is 8.24. The van der Waals surface area contributed by atoms with Gasteiger partial charge in [0.2, 0.25) is 17.7 Å². The van der Waals surface area contributed by atoms with Crippen molar-refractivity contribution in [2.45, 2.75) is 57.0 Å². The van der Waals surface area contributed by atoms with Gasteiger partial charge in [-0.25, -0.2) is 0 Å². The average Bonchev–Trinajstić information content (AvgIpc) is 3.00. The predicted molar refractivity (Wildman–Crippen MR) is 156 cm³/mol. The van der Waals surface area contributed by atoms with Gasteiger partial charge in [-0.05, 0) is 55.4 Å². The summed E-state index contributed by atoms with van der Waals surface area (Å²) in [5.41, 5.74) is 1.33. The fourth-order valence-corrected chi connectivity index (χ4v) is 6.28. The predicted octanol–water partition coefficient (Wildman–Crippen LogP) is 3.45. The van der Waals surface area contributed by atoms with Crippen LogP contribution in [-0.2, 0) is 32.0 Å². The Balaban J connectivity index is 1.35. The fourth-order valence-electron chi connectivity index (χ4n) is 6.28. The standard InChI is InChI=1S/C33H41N3O5/c1-40-27-12-7-10-25(20-27)22-30(37)36-17-13-28-26(23-36)11-5-6-14-33(15-18-41-19-16-33)32(39)35-29(31(38)34-28)21-24-8-3-2-4-9-24/h2-10,12,20,26,28-29H,11,13-19,21-23H2,1H3,(H,34,38)(H,35,39)/b6-5+/t26-,28+,29-/m1/s1. The average molecular weight is 560 g/mol. The van der Waals surface area contributed by atoms with E-state index in [9.17, 15) is 14.4 Å². The lowest BCUT2D eigenvalue weighted by molar-refractivity contribution is -0.140. The molecule has 8 nitrogen and oxygen atoms in total. The summed E-state index contributed by atoms with van der Waals surface area (Å²) in [4.78, 5) is 42.7. The zero-order valence-electron chi connectivity index (χ0n) is 23.8. The topological polar surface area (TPSA) is 97.0 Å². The minimum absolute atomic E-state index is 0.0726. The zero-order chi connectivity index (χ0) is 28.7. The van der Waals surface area contributed by atoms with E-state index in [1.54, 1.807) is 7.11 Å². The Morgan fingerprint density at radius 2 is 1.80 bits per heavy atom. The summed E-state index contributed by atoms with van der Waals surface area (Å²) in [6, 6.07) is 16.7. The van der Waals surface area contributed by atoms with Gasteiger partial charge in [0.15, 0.2) is 0 Å². The van der Waals surface area contributed by atoms with E-state index in [1.807, 2.05) is 59.5 Å². The molecule has 0 aliphatic carbocycles. The third-order valence-corrected chi connectivity index (χ3v) is 8.85. The summed E-state index contributed by atoms with van der Waals surface area (Å²) in [7, 11) is 1.62. The number of fused-ring (bicyclic) bond motifs is 1. The SMILES string of the molecule is COc1cccc(CC(=O)N2CC[C@@H]3NC(=O)[C@@H](Cc4ccccc4)NC(=O)C4(C/C=C/C[C@@H]3C2)CCOCC4)c1. The van der Waals surface area contributed by atoms with Crippen LogP contribution >= 0.6 is 0 Å². The molecule has 0 unspecified atom stereocenters. The van der Waals surface area contributed by atoms with Gasteiger partial charge in [-0.1, -0.05) is 54.6 Å². The lowest BCUT2D eigenvalue weighted by Crippen LogP contribution is -2.58. The molecule has 3 heterocycles. The molecule has 41 heavy (non-hydrogen) atoms. The van der Waals surface area contributed by atoms with Gasteiger partial charge in [0.25, 0.3) is 0 Å². The van der Waals surface area contributed by atoms with Crippen molar-refractivity contribution in [3.8, 4) is 5.75 Å². The number of methoxy groups -OCH3 is 1. The Morgan fingerprint density at radius 3 is 2.59 bits per heavy atom. The molecule has 3 atom stereocenters.